The van der Waals surface area contributed by atoms with E-state index in [9.17, 15) is 14.4 Å². The molecule has 2 aromatic heterocycles. The third kappa shape index (κ3) is 2.82. The normalized spacial score (nSPS) is 18.9. The predicted molar refractivity (Wildman–Crippen MR) is 100 cm³/mol. The first-order chi connectivity index (χ1) is 14.0. The second-order valence-electron chi connectivity index (χ2n) is 7.21. The monoisotopic (exact) mass is 391 g/mol. The van der Waals surface area contributed by atoms with E-state index in [1.54, 1.807) is 24.4 Å². The number of aryl methyl sites for hydroxylation is 1. The van der Waals surface area contributed by atoms with Gasteiger partial charge in [-0.05, 0) is 24.1 Å². The van der Waals surface area contributed by atoms with Gasteiger partial charge < -0.3 is 14.0 Å². The predicted octanol–water partition coefficient (Wildman–Crippen LogP) is 1.50. The Balaban J connectivity index is 1.42. The molecule has 1 unspecified atom stereocenters. The maximum absolute atomic E-state index is 12.8. The quantitative estimate of drug-likeness (QED) is 0.678. The number of amides is 3. The van der Waals surface area contributed by atoms with Crippen LogP contribution in [0.3, 0.4) is 0 Å². The zero-order valence-electron chi connectivity index (χ0n) is 15.6. The maximum atomic E-state index is 12.8. The SMILES string of the molecule is Cn1ccnc1-c1cc(-c2ccc3c(c2)CN(C2CCC(=O)NC2=O)C3=O)on1. The zero-order chi connectivity index (χ0) is 20.1. The first-order valence-corrected chi connectivity index (χ1v) is 9.23. The molecule has 2 aliphatic rings. The van der Waals surface area contributed by atoms with Crippen molar-refractivity contribution in [3.8, 4) is 22.8 Å². The van der Waals surface area contributed by atoms with Crippen LogP contribution in [0.25, 0.3) is 22.8 Å². The fraction of sp³-hybridized carbons (Fsp3) is 0.250. The minimum absolute atomic E-state index is 0.202. The largest absolute Gasteiger partial charge is 0.356 e. The molecule has 29 heavy (non-hydrogen) atoms. The number of hydrogen-bond acceptors (Lipinski definition) is 6. The van der Waals surface area contributed by atoms with Gasteiger partial charge in [0.15, 0.2) is 11.6 Å². The first-order valence-electron chi connectivity index (χ1n) is 9.23. The van der Waals surface area contributed by atoms with Crippen molar-refractivity contribution in [2.75, 3.05) is 0 Å². The summed E-state index contributed by atoms with van der Waals surface area (Å²) in [4.78, 5) is 42.1. The van der Waals surface area contributed by atoms with Gasteiger partial charge in [-0.3, -0.25) is 19.7 Å². The van der Waals surface area contributed by atoms with Gasteiger partial charge in [-0.25, -0.2) is 4.98 Å². The van der Waals surface area contributed by atoms with Crippen molar-refractivity contribution in [3.05, 3.63) is 47.8 Å². The smallest absolute Gasteiger partial charge is 0.255 e. The van der Waals surface area contributed by atoms with E-state index in [1.807, 2.05) is 23.9 Å². The molecule has 3 amide bonds. The summed E-state index contributed by atoms with van der Waals surface area (Å²) < 4.78 is 7.33. The molecule has 0 spiro atoms. The van der Waals surface area contributed by atoms with Crippen LogP contribution in [0.15, 0.2) is 41.2 Å². The number of imide groups is 1. The van der Waals surface area contributed by atoms with Crippen LogP contribution >= 0.6 is 0 Å². The summed E-state index contributed by atoms with van der Waals surface area (Å²) in [5.74, 6) is 0.342. The van der Waals surface area contributed by atoms with Gasteiger partial charge in [0, 0.05) is 49.6 Å². The molecule has 1 N–H and O–H groups in total. The van der Waals surface area contributed by atoms with Gasteiger partial charge in [0.1, 0.15) is 11.7 Å². The van der Waals surface area contributed by atoms with Crippen molar-refractivity contribution in [1.29, 1.82) is 0 Å². The highest BCUT2D eigenvalue weighted by molar-refractivity contribution is 6.05. The molecule has 0 radical (unpaired) electrons. The standard InChI is InChI=1S/C20H17N5O4/c1-24-7-6-21-18(24)14-9-16(29-23-14)11-2-3-13-12(8-11)10-25(20(13)28)15-4-5-17(26)22-19(15)27/h2-3,6-9,15H,4-5,10H2,1H3,(H,22,26,27). The Bertz CT molecular complexity index is 1160. The molecule has 2 aliphatic heterocycles. The van der Waals surface area contributed by atoms with E-state index in [0.717, 1.165) is 11.1 Å². The number of nitrogens with zero attached hydrogens (tertiary/aromatic N) is 4. The van der Waals surface area contributed by atoms with Crippen molar-refractivity contribution < 1.29 is 18.9 Å². The average molecular weight is 391 g/mol. The number of imidazole rings is 1. The molecule has 0 aliphatic carbocycles. The Morgan fingerprint density at radius 1 is 1.21 bits per heavy atom. The van der Waals surface area contributed by atoms with E-state index >= 15 is 0 Å². The van der Waals surface area contributed by atoms with Crippen molar-refractivity contribution in [2.45, 2.75) is 25.4 Å². The third-order valence-electron chi connectivity index (χ3n) is 5.37. The lowest BCUT2D eigenvalue weighted by molar-refractivity contribution is -0.136. The summed E-state index contributed by atoms with van der Waals surface area (Å²) in [5.41, 5.74) is 2.78. The Morgan fingerprint density at radius 2 is 2.07 bits per heavy atom. The number of carbonyl (C=O) groups is 3. The molecule has 1 fully saturated rings. The van der Waals surface area contributed by atoms with E-state index < -0.39 is 11.9 Å². The minimum Gasteiger partial charge on any atom is -0.356 e. The summed E-state index contributed by atoms with van der Waals surface area (Å²) in [6, 6.07) is 6.59. The molecule has 1 saturated heterocycles. The highest BCUT2D eigenvalue weighted by Gasteiger charge is 2.39. The van der Waals surface area contributed by atoms with E-state index in [2.05, 4.69) is 15.5 Å². The van der Waals surface area contributed by atoms with Gasteiger partial charge in [-0.15, -0.1) is 0 Å². The Labute approximate surface area is 165 Å². The van der Waals surface area contributed by atoms with Crippen LogP contribution in [0.1, 0.15) is 28.8 Å². The third-order valence-corrected chi connectivity index (χ3v) is 5.37. The molecule has 4 heterocycles. The number of hydrogen-bond donors (Lipinski definition) is 1. The van der Waals surface area contributed by atoms with Gasteiger partial charge in [0.2, 0.25) is 11.8 Å². The lowest BCUT2D eigenvalue weighted by atomic mass is 10.0. The fourth-order valence-electron chi connectivity index (χ4n) is 3.86. The van der Waals surface area contributed by atoms with Gasteiger partial charge in [-0.1, -0.05) is 11.2 Å². The number of carbonyl (C=O) groups excluding carboxylic acids is 3. The van der Waals surface area contributed by atoms with E-state index in [1.165, 1.54) is 4.90 Å². The highest BCUT2D eigenvalue weighted by atomic mass is 16.5. The van der Waals surface area contributed by atoms with Crippen molar-refractivity contribution in [3.63, 3.8) is 0 Å². The molecule has 1 atom stereocenters. The molecule has 0 saturated carbocycles. The molecule has 1 aromatic carbocycles. The second kappa shape index (κ2) is 6.40. The van der Waals surface area contributed by atoms with Crippen LogP contribution in [-0.4, -0.2) is 43.4 Å². The number of benzene rings is 1. The Hall–Kier alpha value is -3.75. The van der Waals surface area contributed by atoms with Gasteiger partial charge in [0.25, 0.3) is 5.91 Å². The molecule has 146 valence electrons. The van der Waals surface area contributed by atoms with E-state index in [0.29, 0.717) is 35.8 Å². The van der Waals surface area contributed by atoms with Gasteiger partial charge >= 0.3 is 0 Å². The number of nitrogens with one attached hydrogen (secondary N) is 1. The van der Waals surface area contributed by atoms with Crippen molar-refractivity contribution >= 4 is 17.7 Å². The Kier molecular flexibility index (Phi) is 3.83. The number of aromatic nitrogens is 3. The highest BCUT2D eigenvalue weighted by Crippen LogP contribution is 2.32. The number of fused-ring (bicyclic) bond motifs is 1. The molecule has 0 bridgehead atoms. The fourth-order valence-corrected chi connectivity index (χ4v) is 3.86. The van der Waals surface area contributed by atoms with Crippen LogP contribution in [0.5, 0.6) is 0 Å². The minimum atomic E-state index is -0.628. The number of rotatable bonds is 3. The average Bonchev–Trinajstić information content (AvgIpc) is 3.41. The summed E-state index contributed by atoms with van der Waals surface area (Å²) in [6.45, 7) is 0.314. The molecule has 3 aromatic rings. The lowest BCUT2D eigenvalue weighted by Gasteiger charge is -2.29. The molecule has 9 heteroatoms. The lowest BCUT2D eigenvalue weighted by Crippen LogP contribution is -2.52. The number of piperidine rings is 1. The molecular formula is C20H17N5O4. The Morgan fingerprint density at radius 3 is 2.83 bits per heavy atom. The van der Waals surface area contributed by atoms with Crippen LogP contribution in [0, 0.1) is 0 Å². The van der Waals surface area contributed by atoms with Gasteiger partial charge in [0.05, 0.1) is 0 Å². The molecule has 5 rings (SSSR count). The van der Waals surface area contributed by atoms with E-state index in [4.69, 9.17) is 4.52 Å². The summed E-state index contributed by atoms with van der Waals surface area (Å²) in [5, 5.41) is 6.40. The van der Waals surface area contributed by atoms with Crippen LogP contribution in [0.2, 0.25) is 0 Å². The summed E-state index contributed by atoms with van der Waals surface area (Å²) in [6.07, 6.45) is 4.09. The van der Waals surface area contributed by atoms with Crippen molar-refractivity contribution in [1.82, 2.24) is 24.9 Å². The van der Waals surface area contributed by atoms with E-state index in [-0.39, 0.29) is 18.2 Å². The van der Waals surface area contributed by atoms with Crippen LogP contribution < -0.4 is 5.32 Å². The first kappa shape index (κ1) is 17.4. The van der Waals surface area contributed by atoms with Crippen LogP contribution in [0.4, 0.5) is 0 Å². The maximum Gasteiger partial charge on any atom is 0.255 e. The molecular weight excluding hydrogens is 374 g/mol. The summed E-state index contributed by atoms with van der Waals surface area (Å²) in [7, 11) is 1.88. The zero-order valence-corrected chi connectivity index (χ0v) is 15.6. The topological polar surface area (TPSA) is 110 Å². The molecule has 9 nitrogen and oxygen atoms in total. The van der Waals surface area contributed by atoms with Crippen LogP contribution in [-0.2, 0) is 23.2 Å². The second-order valence-corrected chi connectivity index (χ2v) is 7.21. The van der Waals surface area contributed by atoms with Gasteiger partial charge in [-0.2, -0.15) is 0 Å². The van der Waals surface area contributed by atoms with Crippen molar-refractivity contribution in [2.24, 2.45) is 7.05 Å². The summed E-state index contributed by atoms with van der Waals surface area (Å²) >= 11 is 0.